The maximum atomic E-state index is 12.7. The zero-order chi connectivity index (χ0) is 18.0. The highest BCUT2D eigenvalue weighted by molar-refractivity contribution is 5.75. The molecule has 11 heteroatoms. The summed E-state index contributed by atoms with van der Waals surface area (Å²) in [6, 6.07) is 0. The molecule has 1 amide bonds. The monoisotopic (exact) mass is 358 g/mol. The number of H-pyrrole nitrogens is 1. The maximum absolute atomic E-state index is 12.7. The third-order valence-electron chi connectivity index (χ3n) is 3.89. The number of carbonyl (C=O) groups excluding carboxylic acids is 1. The molecule has 1 aliphatic heterocycles. The summed E-state index contributed by atoms with van der Waals surface area (Å²) >= 11 is 0. The second kappa shape index (κ2) is 6.82. The van der Waals surface area contributed by atoms with Gasteiger partial charge in [-0.15, -0.1) is 0 Å². The Morgan fingerprint density at radius 1 is 1.48 bits per heavy atom. The Morgan fingerprint density at radius 3 is 2.92 bits per heavy atom. The van der Waals surface area contributed by atoms with E-state index in [2.05, 4.69) is 25.6 Å². The number of nitrogens with one attached hydrogen (secondary N) is 2. The summed E-state index contributed by atoms with van der Waals surface area (Å²) < 4.78 is 44.8. The van der Waals surface area contributed by atoms with Gasteiger partial charge in [-0.3, -0.25) is 14.6 Å². The van der Waals surface area contributed by atoms with Crippen LogP contribution in [-0.4, -0.2) is 43.5 Å². The van der Waals surface area contributed by atoms with Gasteiger partial charge in [-0.1, -0.05) is 0 Å². The van der Waals surface area contributed by atoms with E-state index in [1.54, 1.807) is 0 Å². The summed E-state index contributed by atoms with van der Waals surface area (Å²) in [7, 11) is 0. The highest BCUT2D eigenvalue weighted by Gasteiger charge is 2.36. The van der Waals surface area contributed by atoms with E-state index in [9.17, 15) is 18.0 Å². The largest absolute Gasteiger partial charge is 0.435 e. The van der Waals surface area contributed by atoms with Crippen LogP contribution in [0.4, 0.5) is 13.2 Å². The number of aromatic amines is 1. The molecule has 136 valence electrons. The van der Waals surface area contributed by atoms with Gasteiger partial charge in [-0.25, -0.2) is 4.98 Å². The van der Waals surface area contributed by atoms with E-state index < -0.39 is 17.8 Å². The fourth-order valence-electron chi connectivity index (χ4n) is 2.74. The summed E-state index contributed by atoms with van der Waals surface area (Å²) in [5.41, 5.74) is -0.997. The average Bonchev–Trinajstić information content (AvgIpc) is 3.24. The molecule has 1 saturated heterocycles. The molecule has 0 bridgehead atoms. The van der Waals surface area contributed by atoms with E-state index in [1.165, 1.54) is 19.4 Å². The van der Waals surface area contributed by atoms with Gasteiger partial charge in [-0.2, -0.15) is 23.4 Å². The van der Waals surface area contributed by atoms with Crippen molar-refractivity contribution in [1.82, 2.24) is 30.3 Å². The molecule has 25 heavy (non-hydrogen) atoms. The van der Waals surface area contributed by atoms with Crippen molar-refractivity contribution in [2.45, 2.75) is 44.7 Å². The zero-order valence-corrected chi connectivity index (χ0v) is 13.4. The highest BCUT2D eigenvalue weighted by Crippen LogP contribution is 2.31. The van der Waals surface area contributed by atoms with Crippen molar-refractivity contribution in [3.63, 3.8) is 0 Å². The first-order chi connectivity index (χ1) is 11.8. The first kappa shape index (κ1) is 17.4. The first-order valence-corrected chi connectivity index (χ1v) is 7.71. The van der Waals surface area contributed by atoms with Crippen LogP contribution in [0.15, 0.2) is 12.5 Å². The first-order valence-electron chi connectivity index (χ1n) is 7.71. The molecule has 3 heterocycles. The number of amides is 1. The molecule has 0 aliphatic carbocycles. The molecule has 1 aliphatic rings. The number of carbonyl (C=O) groups is 1. The molecule has 0 unspecified atom stereocenters. The smallest absolute Gasteiger partial charge is 0.365 e. The third kappa shape index (κ3) is 4.16. The minimum absolute atomic E-state index is 0.0191. The van der Waals surface area contributed by atoms with Crippen LogP contribution >= 0.6 is 0 Å². The zero-order valence-electron chi connectivity index (χ0n) is 13.4. The van der Waals surface area contributed by atoms with Gasteiger partial charge in [-0.05, 0) is 25.3 Å². The summed E-state index contributed by atoms with van der Waals surface area (Å²) in [5.74, 6) is 0.212. The molecular weight excluding hydrogens is 341 g/mol. The standard InChI is InChI=1S/C14H17F3N6O2/c1-8-5-23(22-12(8)14(15,16)17)6-11(24)18-4-9-2-3-10(25-9)13-19-7-20-21-13/h5,7,9-10H,2-4,6H2,1H3,(H,18,24)(H,19,20,21)/t9-,10+/m1/s1. The predicted molar refractivity (Wildman–Crippen MR) is 78.2 cm³/mol. The van der Waals surface area contributed by atoms with Crippen LogP contribution in [0.3, 0.4) is 0 Å². The maximum Gasteiger partial charge on any atom is 0.435 e. The summed E-state index contributed by atoms with van der Waals surface area (Å²) in [5, 5.41) is 12.6. The average molecular weight is 358 g/mol. The summed E-state index contributed by atoms with van der Waals surface area (Å²) in [4.78, 5) is 15.9. The molecule has 2 atom stereocenters. The molecule has 2 N–H and O–H groups in total. The molecule has 2 aromatic heterocycles. The Kier molecular flexibility index (Phi) is 4.75. The summed E-state index contributed by atoms with van der Waals surface area (Å²) in [6.45, 7) is 1.30. The number of hydrogen-bond acceptors (Lipinski definition) is 5. The SMILES string of the molecule is Cc1cn(CC(=O)NC[C@H]2CC[C@@H](c3ncn[nH]3)O2)nc1C(F)(F)F. The number of alkyl halides is 3. The number of ether oxygens (including phenoxy) is 1. The number of halogens is 3. The van der Waals surface area contributed by atoms with Crippen LogP contribution in [-0.2, 0) is 22.3 Å². The fraction of sp³-hybridized carbons (Fsp3) is 0.571. The van der Waals surface area contributed by atoms with Crippen LogP contribution in [0.25, 0.3) is 0 Å². The molecule has 8 nitrogen and oxygen atoms in total. The van der Waals surface area contributed by atoms with Crippen LogP contribution in [0.1, 0.15) is 36.0 Å². The van der Waals surface area contributed by atoms with Gasteiger partial charge in [0, 0.05) is 12.7 Å². The minimum atomic E-state index is -4.53. The molecule has 0 spiro atoms. The fourth-order valence-corrected chi connectivity index (χ4v) is 2.74. The van der Waals surface area contributed by atoms with Gasteiger partial charge >= 0.3 is 6.18 Å². The van der Waals surface area contributed by atoms with E-state index in [-0.39, 0.29) is 30.9 Å². The van der Waals surface area contributed by atoms with Gasteiger partial charge in [0.25, 0.3) is 0 Å². The number of hydrogen-bond donors (Lipinski definition) is 2. The van der Waals surface area contributed by atoms with Crippen molar-refractivity contribution in [2.24, 2.45) is 0 Å². The van der Waals surface area contributed by atoms with Crippen LogP contribution < -0.4 is 5.32 Å². The van der Waals surface area contributed by atoms with Crippen molar-refractivity contribution in [3.8, 4) is 0 Å². The molecule has 3 rings (SSSR count). The second-order valence-corrected chi connectivity index (χ2v) is 5.85. The van der Waals surface area contributed by atoms with Gasteiger partial charge < -0.3 is 10.1 Å². The molecule has 2 aromatic rings. The van der Waals surface area contributed by atoms with Crippen molar-refractivity contribution >= 4 is 5.91 Å². The molecule has 0 aromatic carbocycles. The molecule has 0 saturated carbocycles. The number of aryl methyl sites for hydroxylation is 1. The Balaban J connectivity index is 1.47. The van der Waals surface area contributed by atoms with Crippen LogP contribution in [0.5, 0.6) is 0 Å². The number of nitrogens with zero attached hydrogens (tertiary/aromatic N) is 4. The predicted octanol–water partition coefficient (Wildman–Crippen LogP) is 1.36. The Hall–Kier alpha value is -2.43. The summed E-state index contributed by atoms with van der Waals surface area (Å²) in [6.07, 6.45) is -0.798. The van der Waals surface area contributed by atoms with E-state index in [4.69, 9.17) is 4.74 Å². The lowest BCUT2D eigenvalue weighted by molar-refractivity contribution is -0.142. The van der Waals surface area contributed by atoms with Gasteiger partial charge in [0.2, 0.25) is 5.91 Å². The minimum Gasteiger partial charge on any atom is -0.365 e. The quantitative estimate of drug-likeness (QED) is 0.841. The van der Waals surface area contributed by atoms with E-state index >= 15 is 0 Å². The van der Waals surface area contributed by atoms with E-state index in [0.29, 0.717) is 5.82 Å². The molecule has 0 radical (unpaired) electrons. The Morgan fingerprint density at radius 2 is 2.28 bits per heavy atom. The normalized spacial score (nSPS) is 20.8. The van der Waals surface area contributed by atoms with Crippen LogP contribution in [0.2, 0.25) is 0 Å². The van der Waals surface area contributed by atoms with Crippen molar-refractivity contribution < 1.29 is 22.7 Å². The third-order valence-corrected chi connectivity index (χ3v) is 3.89. The Labute approximate surface area is 140 Å². The van der Waals surface area contributed by atoms with Gasteiger partial charge in [0.1, 0.15) is 19.0 Å². The van der Waals surface area contributed by atoms with E-state index in [0.717, 1.165) is 17.5 Å². The lowest BCUT2D eigenvalue weighted by Gasteiger charge is -2.13. The molecular formula is C14H17F3N6O2. The van der Waals surface area contributed by atoms with Crippen molar-refractivity contribution in [2.75, 3.05) is 6.54 Å². The second-order valence-electron chi connectivity index (χ2n) is 5.85. The topological polar surface area (TPSA) is 97.7 Å². The van der Waals surface area contributed by atoms with Gasteiger partial charge in [0.05, 0.1) is 6.10 Å². The van der Waals surface area contributed by atoms with Crippen molar-refractivity contribution in [1.29, 1.82) is 0 Å². The van der Waals surface area contributed by atoms with E-state index in [1.807, 2.05) is 0 Å². The number of rotatable bonds is 5. The van der Waals surface area contributed by atoms with Crippen molar-refractivity contribution in [3.05, 3.63) is 29.6 Å². The Bertz CT molecular complexity index is 728. The van der Waals surface area contributed by atoms with Crippen LogP contribution in [0, 0.1) is 6.92 Å². The number of aromatic nitrogens is 5. The lowest BCUT2D eigenvalue weighted by atomic mass is 10.2. The lowest BCUT2D eigenvalue weighted by Crippen LogP contribution is -2.34. The van der Waals surface area contributed by atoms with Gasteiger partial charge in [0.15, 0.2) is 11.5 Å². The molecule has 1 fully saturated rings. The highest BCUT2D eigenvalue weighted by atomic mass is 19.4.